The Bertz CT molecular complexity index is 663. The molecule has 19 heavy (non-hydrogen) atoms. The molecule has 0 bridgehead atoms. The van der Waals surface area contributed by atoms with Crippen molar-refractivity contribution < 1.29 is 4.74 Å². The van der Waals surface area contributed by atoms with Crippen LogP contribution in [0.1, 0.15) is 17.2 Å². The first-order valence-electron chi connectivity index (χ1n) is 5.92. The van der Waals surface area contributed by atoms with Crippen molar-refractivity contribution in [1.82, 2.24) is 4.98 Å². The molecule has 5 nitrogen and oxygen atoms in total. The van der Waals surface area contributed by atoms with Crippen LogP contribution in [0.3, 0.4) is 0 Å². The molecule has 0 aliphatic carbocycles. The third kappa shape index (κ3) is 2.04. The van der Waals surface area contributed by atoms with Gasteiger partial charge in [0.25, 0.3) is 0 Å². The molecular weight excluding hydrogens is 240 g/mol. The van der Waals surface area contributed by atoms with E-state index in [2.05, 4.69) is 10.3 Å². The van der Waals surface area contributed by atoms with Gasteiger partial charge in [0.2, 0.25) is 0 Å². The normalized spacial score (nSPS) is 16.3. The van der Waals surface area contributed by atoms with Crippen molar-refractivity contribution in [3.8, 4) is 11.8 Å². The van der Waals surface area contributed by atoms with Crippen LogP contribution in [0.5, 0.6) is 5.75 Å². The Morgan fingerprint density at radius 2 is 2.26 bits per heavy atom. The van der Waals surface area contributed by atoms with E-state index in [1.54, 1.807) is 6.07 Å². The molecule has 94 valence electrons. The quantitative estimate of drug-likeness (QED) is 0.854. The number of anilines is 2. The molecule has 1 unspecified atom stereocenters. The van der Waals surface area contributed by atoms with E-state index in [0.29, 0.717) is 23.7 Å². The van der Waals surface area contributed by atoms with Crippen LogP contribution in [0.25, 0.3) is 0 Å². The summed E-state index contributed by atoms with van der Waals surface area (Å²) >= 11 is 0. The van der Waals surface area contributed by atoms with Gasteiger partial charge in [0.1, 0.15) is 24.2 Å². The first-order chi connectivity index (χ1) is 9.28. The van der Waals surface area contributed by atoms with Crippen LogP contribution in [-0.2, 0) is 0 Å². The van der Waals surface area contributed by atoms with Crippen molar-refractivity contribution in [2.75, 3.05) is 17.7 Å². The number of nitrogen functional groups attached to an aromatic ring is 1. The molecule has 1 aliphatic heterocycles. The first kappa shape index (κ1) is 11.4. The Morgan fingerprint density at radius 1 is 1.42 bits per heavy atom. The molecule has 1 aliphatic rings. The summed E-state index contributed by atoms with van der Waals surface area (Å²) in [6.07, 6.45) is 1.50. The van der Waals surface area contributed by atoms with Gasteiger partial charge in [-0.3, -0.25) is 0 Å². The van der Waals surface area contributed by atoms with E-state index in [1.165, 1.54) is 6.20 Å². The lowest BCUT2D eigenvalue weighted by atomic mass is 10.1. The van der Waals surface area contributed by atoms with Crippen molar-refractivity contribution in [2.45, 2.75) is 6.04 Å². The number of ether oxygens (including phenoxy) is 1. The monoisotopic (exact) mass is 252 g/mol. The zero-order valence-corrected chi connectivity index (χ0v) is 10.1. The Labute approximate surface area is 110 Å². The maximum absolute atomic E-state index is 8.78. The third-order valence-corrected chi connectivity index (χ3v) is 3.06. The van der Waals surface area contributed by atoms with Crippen molar-refractivity contribution in [3.63, 3.8) is 0 Å². The molecule has 0 saturated carbocycles. The highest BCUT2D eigenvalue weighted by Crippen LogP contribution is 2.34. The third-order valence-electron chi connectivity index (χ3n) is 3.06. The zero-order valence-electron chi connectivity index (χ0n) is 10.1. The van der Waals surface area contributed by atoms with Crippen LogP contribution in [0.15, 0.2) is 36.5 Å². The minimum atomic E-state index is 0.0268. The fourth-order valence-corrected chi connectivity index (χ4v) is 2.11. The minimum Gasteiger partial charge on any atom is -0.491 e. The molecule has 2 aromatic rings. The standard InChI is InChI=1S/C14H12N4O/c15-6-9-5-11(16)14(17-7-9)18-12-8-19-13-4-2-1-3-10(12)13/h1-5,7,12H,8,16H2,(H,17,18). The molecule has 3 N–H and O–H groups in total. The van der Waals surface area contributed by atoms with E-state index < -0.39 is 0 Å². The number of nitriles is 1. The number of nitrogens with two attached hydrogens (primary N) is 1. The number of hydrogen-bond acceptors (Lipinski definition) is 5. The molecule has 1 aromatic heterocycles. The second kappa shape index (κ2) is 4.50. The lowest BCUT2D eigenvalue weighted by molar-refractivity contribution is 0.339. The maximum Gasteiger partial charge on any atom is 0.149 e. The van der Waals surface area contributed by atoms with Gasteiger partial charge in [-0.15, -0.1) is 0 Å². The van der Waals surface area contributed by atoms with Gasteiger partial charge in [-0.05, 0) is 12.1 Å². The van der Waals surface area contributed by atoms with Gasteiger partial charge in [-0.25, -0.2) is 4.98 Å². The van der Waals surface area contributed by atoms with Gasteiger partial charge >= 0.3 is 0 Å². The lowest BCUT2D eigenvalue weighted by Crippen LogP contribution is -2.14. The number of fused-ring (bicyclic) bond motifs is 1. The summed E-state index contributed by atoms with van der Waals surface area (Å²) in [5.74, 6) is 1.46. The molecule has 1 atom stereocenters. The number of aromatic nitrogens is 1. The summed E-state index contributed by atoms with van der Waals surface area (Å²) in [7, 11) is 0. The summed E-state index contributed by atoms with van der Waals surface area (Å²) in [6.45, 7) is 0.542. The van der Waals surface area contributed by atoms with Crippen molar-refractivity contribution in [3.05, 3.63) is 47.7 Å². The maximum atomic E-state index is 8.78. The summed E-state index contributed by atoms with van der Waals surface area (Å²) in [5, 5.41) is 12.0. The number of rotatable bonds is 2. The lowest BCUT2D eigenvalue weighted by Gasteiger charge is -2.14. The molecule has 0 saturated heterocycles. The van der Waals surface area contributed by atoms with Crippen LogP contribution >= 0.6 is 0 Å². The second-order valence-corrected chi connectivity index (χ2v) is 4.32. The molecule has 2 heterocycles. The predicted octanol–water partition coefficient (Wildman–Crippen LogP) is 2.08. The summed E-state index contributed by atoms with van der Waals surface area (Å²) in [5.41, 5.74) is 7.88. The molecule has 5 heteroatoms. The molecule has 0 spiro atoms. The average molecular weight is 252 g/mol. The Hall–Kier alpha value is -2.74. The van der Waals surface area contributed by atoms with E-state index in [9.17, 15) is 0 Å². The van der Waals surface area contributed by atoms with Crippen molar-refractivity contribution in [2.24, 2.45) is 0 Å². The topological polar surface area (TPSA) is 84.0 Å². The van der Waals surface area contributed by atoms with Crippen LogP contribution in [-0.4, -0.2) is 11.6 Å². The number of nitrogens with one attached hydrogen (secondary N) is 1. The number of nitrogens with zero attached hydrogens (tertiary/aromatic N) is 2. The number of hydrogen-bond donors (Lipinski definition) is 2. The molecule has 0 amide bonds. The van der Waals surface area contributed by atoms with Gasteiger partial charge in [-0.2, -0.15) is 5.26 Å². The van der Waals surface area contributed by atoms with Gasteiger partial charge in [0.15, 0.2) is 0 Å². The summed E-state index contributed by atoms with van der Waals surface area (Å²) in [6, 6.07) is 11.5. The number of benzene rings is 1. The van der Waals surface area contributed by atoms with Crippen LogP contribution < -0.4 is 15.8 Å². The van der Waals surface area contributed by atoms with Crippen LogP contribution in [0, 0.1) is 11.3 Å². The largest absolute Gasteiger partial charge is 0.491 e. The smallest absolute Gasteiger partial charge is 0.149 e. The number of pyridine rings is 1. The first-order valence-corrected chi connectivity index (χ1v) is 5.92. The van der Waals surface area contributed by atoms with Gasteiger partial charge < -0.3 is 15.8 Å². The number of para-hydroxylation sites is 1. The molecule has 3 rings (SSSR count). The second-order valence-electron chi connectivity index (χ2n) is 4.32. The van der Waals surface area contributed by atoms with Gasteiger partial charge in [0.05, 0.1) is 17.3 Å². The van der Waals surface area contributed by atoms with E-state index in [1.807, 2.05) is 30.3 Å². The van der Waals surface area contributed by atoms with Gasteiger partial charge in [0, 0.05) is 11.8 Å². The van der Waals surface area contributed by atoms with Crippen molar-refractivity contribution in [1.29, 1.82) is 5.26 Å². The molecule has 1 aromatic carbocycles. The molecular formula is C14H12N4O. The molecule has 0 radical (unpaired) electrons. The van der Waals surface area contributed by atoms with E-state index in [4.69, 9.17) is 15.7 Å². The van der Waals surface area contributed by atoms with Crippen molar-refractivity contribution >= 4 is 11.5 Å². The Morgan fingerprint density at radius 3 is 3.05 bits per heavy atom. The average Bonchev–Trinajstić information content (AvgIpc) is 2.84. The fraction of sp³-hybridized carbons (Fsp3) is 0.143. The Kier molecular flexibility index (Phi) is 2.69. The summed E-state index contributed by atoms with van der Waals surface area (Å²) < 4.78 is 5.58. The van der Waals surface area contributed by atoms with Crippen LogP contribution in [0.4, 0.5) is 11.5 Å². The highest BCUT2D eigenvalue weighted by molar-refractivity contribution is 5.64. The fourth-order valence-electron chi connectivity index (χ4n) is 2.11. The van der Waals surface area contributed by atoms with Gasteiger partial charge in [-0.1, -0.05) is 18.2 Å². The van der Waals surface area contributed by atoms with E-state index in [-0.39, 0.29) is 6.04 Å². The minimum absolute atomic E-state index is 0.0268. The van der Waals surface area contributed by atoms with E-state index >= 15 is 0 Å². The highest BCUT2D eigenvalue weighted by atomic mass is 16.5. The predicted molar refractivity (Wildman–Crippen MR) is 71.7 cm³/mol. The van der Waals surface area contributed by atoms with Crippen LogP contribution in [0.2, 0.25) is 0 Å². The van der Waals surface area contributed by atoms with E-state index in [0.717, 1.165) is 11.3 Å². The zero-order chi connectivity index (χ0) is 13.2. The molecule has 0 fully saturated rings. The Balaban J connectivity index is 1.86. The SMILES string of the molecule is N#Cc1cnc(NC2COc3ccccc32)c(N)c1. The highest BCUT2D eigenvalue weighted by Gasteiger charge is 2.24. The summed E-state index contributed by atoms with van der Waals surface area (Å²) in [4.78, 5) is 4.17.